The number of imide groups is 2. The number of carbonyl (C=O) groups is 3. The Kier molecular flexibility index (Phi) is 6.25. The predicted molar refractivity (Wildman–Crippen MR) is 138 cm³/mol. The van der Waals surface area contributed by atoms with Crippen molar-refractivity contribution in [3.63, 3.8) is 0 Å². The van der Waals surface area contributed by atoms with E-state index < -0.39 is 17.8 Å². The van der Waals surface area contributed by atoms with Gasteiger partial charge in [-0.15, -0.1) is 0 Å². The number of hydrogen-bond donors (Lipinski definition) is 1. The molecule has 6 nitrogen and oxygen atoms in total. The molecule has 2 heterocycles. The molecule has 0 atom stereocenters. The Hall–Kier alpha value is -3.20. The van der Waals surface area contributed by atoms with Crippen molar-refractivity contribution in [1.82, 2.24) is 9.88 Å². The fourth-order valence-electron chi connectivity index (χ4n) is 4.03. The number of aromatic nitrogens is 1. The second kappa shape index (κ2) is 8.97. The van der Waals surface area contributed by atoms with Crippen LogP contribution in [0.4, 0.5) is 10.5 Å². The molecule has 4 amide bonds. The zero-order valence-electron chi connectivity index (χ0n) is 18.9. The van der Waals surface area contributed by atoms with E-state index in [1.54, 1.807) is 18.2 Å². The van der Waals surface area contributed by atoms with Crippen molar-refractivity contribution in [3.05, 3.63) is 85.8 Å². The standard InChI is InChI=1S/C26H24IN3O3/c1-5-18-6-8-20(9-7-18)30-25(32)22(24(31)28-26(30)33)14-19-13-16(3)29(17(19)4)21-10-11-23(27)15(2)12-21/h6-14H,5H2,1-4H3,(H,28,31,33)/b22-14+. The summed E-state index contributed by atoms with van der Waals surface area (Å²) in [6, 6.07) is 14.6. The van der Waals surface area contributed by atoms with E-state index in [-0.39, 0.29) is 5.57 Å². The molecule has 1 aliphatic heterocycles. The molecule has 4 rings (SSSR count). The van der Waals surface area contributed by atoms with Crippen molar-refractivity contribution in [2.24, 2.45) is 0 Å². The fraction of sp³-hybridized carbons (Fsp3) is 0.192. The first kappa shape index (κ1) is 23.0. The van der Waals surface area contributed by atoms with Gasteiger partial charge in [-0.1, -0.05) is 19.1 Å². The summed E-state index contributed by atoms with van der Waals surface area (Å²) in [5, 5.41) is 2.29. The summed E-state index contributed by atoms with van der Waals surface area (Å²) in [6.07, 6.45) is 2.41. The molecule has 7 heteroatoms. The minimum Gasteiger partial charge on any atom is -0.318 e. The molecular formula is C26H24IN3O3. The molecule has 0 radical (unpaired) electrons. The summed E-state index contributed by atoms with van der Waals surface area (Å²) in [6.45, 7) is 8.02. The van der Waals surface area contributed by atoms with E-state index >= 15 is 0 Å². The molecule has 3 aromatic rings. The third kappa shape index (κ3) is 4.25. The first-order chi connectivity index (χ1) is 15.7. The molecular weight excluding hydrogens is 529 g/mol. The van der Waals surface area contributed by atoms with E-state index in [9.17, 15) is 14.4 Å². The number of halogens is 1. The summed E-state index contributed by atoms with van der Waals surface area (Å²) in [4.78, 5) is 39.3. The molecule has 0 spiro atoms. The lowest BCUT2D eigenvalue weighted by Gasteiger charge is -2.26. The van der Waals surface area contributed by atoms with Crippen molar-refractivity contribution < 1.29 is 14.4 Å². The van der Waals surface area contributed by atoms with Crippen molar-refractivity contribution >= 4 is 52.2 Å². The quantitative estimate of drug-likeness (QED) is 0.273. The second-order valence-corrected chi connectivity index (χ2v) is 9.24. The van der Waals surface area contributed by atoms with Gasteiger partial charge in [0.2, 0.25) is 0 Å². The zero-order chi connectivity index (χ0) is 23.9. The number of amides is 4. The van der Waals surface area contributed by atoms with Crippen molar-refractivity contribution in [2.45, 2.75) is 34.1 Å². The monoisotopic (exact) mass is 553 g/mol. The van der Waals surface area contributed by atoms with Gasteiger partial charge >= 0.3 is 6.03 Å². The Morgan fingerprint density at radius 3 is 2.24 bits per heavy atom. The van der Waals surface area contributed by atoms with Gasteiger partial charge in [-0.05, 0) is 109 Å². The molecule has 1 aliphatic rings. The summed E-state index contributed by atoms with van der Waals surface area (Å²) in [7, 11) is 0. The highest BCUT2D eigenvalue weighted by Gasteiger charge is 2.37. The normalized spacial score (nSPS) is 15.4. The smallest absolute Gasteiger partial charge is 0.318 e. The molecule has 1 N–H and O–H groups in total. The summed E-state index contributed by atoms with van der Waals surface area (Å²) < 4.78 is 3.27. The average molecular weight is 553 g/mol. The van der Waals surface area contributed by atoms with E-state index in [2.05, 4.69) is 51.5 Å². The summed E-state index contributed by atoms with van der Waals surface area (Å²) in [5.41, 5.74) is 6.25. The highest BCUT2D eigenvalue weighted by molar-refractivity contribution is 14.1. The van der Waals surface area contributed by atoms with Crippen LogP contribution < -0.4 is 10.2 Å². The molecule has 0 unspecified atom stereocenters. The predicted octanol–water partition coefficient (Wildman–Crippen LogP) is 5.24. The minimum absolute atomic E-state index is 0.0757. The number of aryl methyl sites for hydroxylation is 3. The van der Waals surface area contributed by atoms with Gasteiger partial charge in [-0.25, -0.2) is 9.69 Å². The van der Waals surface area contributed by atoms with Crippen LogP contribution in [0.5, 0.6) is 0 Å². The van der Waals surface area contributed by atoms with E-state index in [1.165, 1.54) is 9.13 Å². The number of hydrogen-bond acceptors (Lipinski definition) is 3. The van der Waals surface area contributed by atoms with Gasteiger partial charge in [0.05, 0.1) is 5.69 Å². The number of urea groups is 1. The van der Waals surface area contributed by atoms with Crippen molar-refractivity contribution in [2.75, 3.05) is 4.90 Å². The molecule has 0 bridgehead atoms. The van der Waals surface area contributed by atoms with Crippen LogP contribution in [0.2, 0.25) is 0 Å². The topological polar surface area (TPSA) is 71.4 Å². The van der Waals surface area contributed by atoms with Crippen LogP contribution in [-0.4, -0.2) is 22.4 Å². The Bertz CT molecular complexity index is 1320. The maximum Gasteiger partial charge on any atom is 0.335 e. The summed E-state index contributed by atoms with van der Waals surface area (Å²) in [5.74, 6) is -1.33. The number of benzene rings is 2. The van der Waals surface area contributed by atoms with Gasteiger partial charge in [0.1, 0.15) is 5.57 Å². The minimum atomic E-state index is -0.744. The molecule has 0 saturated carbocycles. The van der Waals surface area contributed by atoms with Crippen LogP contribution in [0, 0.1) is 24.3 Å². The third-order valence-electron chi connectivity index (χ3n) is 5.87. The molecule has 168 valence electrons. The Morgan fingerprint density at radius 1 is 0.939 bits per heavy atom. The van der Waals surface area contributed by atoms with Gasteiger partial charge in [-0.2, -0.15) is 0 Å². The van der Waals surface area contributed by atoms with Crippen LogP contribution >= 0.6 is 22.6 Å². The fourth-order valence-corrected chi connectivity index (χ4v) is 4.36. The average Bonchev–Trinajstić information content (AvgIpc) is 3.06. The number of anilines is 1. The van der Waals surface area contributed by atoms with Gasteiger partial charge < -0.3 is 4.57 Å². The first-order valence-corrected chi connectivity index (χ1v) is 11.7. The van der Waals surface area contributed by atoms with Crippen LogP contribution in [0.3, 0.4) is 0 Å². The van der Waals surface area contributed by atoms with Gasteiger partial charge in [0.15, 0.2) is 0 Å². The molecule has 1 saturated heterocycles. The summed E-state index contributed by atoms with van der Waals surface area (Å²) >= 11 is 2.30. The number of barbiturate groups is 1. The zero-order valence-corrected chi connectivity index (χ0v) is 21.1. The number of nitrogens with one attached hydrogen (secondary N) is 1. The van der Waals surface area contributed by atoms with Gasteiger partial charge in [-0.3, -0.25) is 14.9 Å². The molecule has 1 fully saturated rings. The molecule has 0 aliphatic carbocycles. The van der Waals surface area contributed by atoms with E-state index in [0.717, 1.165) is 39.5 Å². The number of rotatable bonds is 4. The highest BCUT2D eigenvalue weighted by atomic mass is 127. The highest BCUT2D eigenvalue weighted by Crippen LogP contribution is 2.27. The number of nitrogens with zero attached hydrogens (tertiary/aromatic N) is 2. The molecule has 33 heavy (non-hydrogen) atoms. The van der Waals surface area contributed by atoms with Crippen LogP contribution in [0.1, 0.15) is 35.0 Å². The first-order valence-electron chi connectivity index (χ1n) is 10.7. The van der Waals surface area contributed by atoms with Gasteiger partial charge in [0.25, 0.3) is 11.8 Å². The molecule has 1 aromatic heterocycles. The van der Waals surface area contributed by atoms with Gasteiger partial charge in [0, 0.05) is 20.6 Å². The lowest BCUT2D eigenvalue weighted by molar-refractivity contribution is -0.122. The van der Waals surface area contributed by atoms with Crippen LogP contribution in [0.25, 0.3) is 11.8 Å². The van der Waals surface area contributed by atoms with Crippen LogP contribution in [-0.2, 0) is 16.0 Å². The largest absolute Gasteiger partial charge is 0.335 e. The van der Waals surface area contributed by atoms with E-state index in [0.29, 0.717) is 5.69 Å². The second-order valence-electron chi connectivity index (χ2n) is 8.07. The van der Waals surface area contributed by atoms with E-state index in [4.69, 9.17) is 0 Å². The SMILES string of the molecule is CCc1ccc(N2C(=O)NC(=O)/C(=C\c3cc(C)n(-c4ccc(I)c(C)c4)c3C)C2=O)cc1. The maximum atomic E-state index is 13.2. The Labute approximate surface area is 206 Å². The van der Waals surface area contributed by atoms with E-state index in [1.807, 2.05) is 45.0 Å². The lowest BCUT2D eigenvalue weighted by atomic mass is 10.1. The Balaban J connectivity index is 1.74. The third-order valence-corrected chi connectivity index (χ3v) is 7.08. The Morgan fingerprint density at radius 2 is 1.61 bits per heavy atom. The maximum absolute atomic E-state index is 13.2. The van der Waals surface area contributed by atoms with Crippen molar-refractivity contribution in [3.8, 4) is 5.69 Å². The number of carbonyl (C=O) groups excluding carboxylic acids is 3. The molecule has 2 aromatic carbocycles. The lowest BCUT2D eigenvalue weighted by Crippen LogP contribution is -2.54. The van der Waals surface area contributed by atoms with Crippen molar-refractivity contribution in [1.29, 1.82) is 0 Å². The van der Waals surface area contributed by atoms with Crippen LogP contribution in [0.15, 0.2) is 54.1 Å².